The van der Waals surface area contributed by atoms with Gasteiger partial charge >= 0.3 is 0 Å². The van der Waals surface area contributed by atoms with Gasteiger partial charge in [0.2, 0.25) is 0 Å². The van der Waals surface area contributed by atoms with Crippen molar-refractivity contribution in [2.45, 2.75) is 58.3 Å². The third kappa shape index (κ3) is 1.94. The van der Waals surface area contributed by atoms with E-state index in [0.717, 1.165) is 0 Å². The summed E-state index contributed by atoms with van der Waals surface area (Å²) < 4.78 is 0. The zero-order valence-electron chi connectivity index (χ0n) is 10.9. The smallest absolute Gasteiger partial charge is 0.00880 e. The summed E-state index contributed by atoms with van der Waals surface area (Å²) in [5, 5.41) is 0. The first-order valence-electron chi connectivity index (χ1n) is 7.23. The highest BCUT2D eigenvalue weighted by Gasteiger charge is 2.20. The second kappa shape index (κ2) is 4.68. The molecule has 0 saturated carbocycles. The first-order valence-corrected chi connectivity index (χ1v) is 7.23. The zero-order chi connectivity index (χ0) is 11.7. The Balaban J connectivity index is 1.96. The molecule has 0 fully saturated rings. The molecule has 17 heavy (non-hydrogen) atoms. The molecule has 1 aromatic rings. The molecule has 90 valence electrons. The van der Waals surface area contributed by atoms with Crippen LogP contribution in [0.2, 0.25) is 0 Å². The monoisotopic (exact) mass is 226 g/mol. The molecule has 0 saturated heterocycles. The highest BCUT2D eigenvalue weighted by molar-refractivity contribution is 5.67. The first-order chi connectivity index (χ1) is 8.40. The molecule has 0 radical (unpaired) electrons. The molecule has 2 aliphatic rings. The molecule has 3 rings (SSSR count). The summed E-state index contributed by atoms with van der Waals surface area (Å²) in [5.74, 6) is 0. The minimum absolute atomic E-state index is 1.17. The Labute approximate surface area is 105 Å². The van der Waals surface area contributed by atoms with Crippen LogP contribution in [0.25, 0.3) is 6.08 Å². The molecule has 0 atom stereocenters. The molecule has 0 spiro atoms. The Morgan fingerprint density at radius 3 is 2.94 bits per heavy atom. The molecule has 2 aliphatic carbocycles. The molecule has 0 bridgehead atoms. The maximum absolute atomic E-state index is 2.49. The van der Waals surface area contributed by atoms with E-state index in [1.165, 1.54) is 51.4 Å². The summed E-state index contributed by atoms with van der Waals surface area (Å²) >= 11 is 0. The number of benzene rings is 1. The Morgan fingerprint density at radius 2 is 2.06 bits per heavy atom. The van der Waals surface area contributed by atoms with Crippen LogP contribution in [-0.2, 0) is 25.7 Å². The first kappa shape index (κ1) is 11.1. The summed E-state index contributed by atoms with van der Waals surface area (Å²) in [6, 6.07) is 2.49. The number of allylic oxidation sites excluding steroid dienone is 1. The van der Waals surface area contributed by atoms with Gasteiger partial charge in [-0.2, -0.15) is 0 Å². The van der Waals surface area contributed by atoms with E-state index in [0.29, 0.717) is 0 Å². The maximum Gasteiger partial charge on any atom is -0.00880 e. The van der Waals surface area contributed by atoms with E-state index in [-0.39, 0.29) is 0 Å². The standard InChI is InChI=1S/C17H22/c1-2-3-4-9-17-15-10-5-7-13(15)12-14-8-6-11-16(14)17/h5,10,12H,2-4,6-9,11H2,1H3. The van der Waals surface area contributed by atoms with Crippen molar-refractivity contribution in [3.8, 4) is 0 Å². The number of hydrogen-bond acceptors (Lipinski definition) is 0. The van der Waals surface area contributed by atoms with Crippen LogP contribution in [0.3, 0.4) is 0 Å². The lowest BCUT2D eigenvalue weighted by Crippen LogP contribution is -2.00. The zero-order valence-corrected chi connectivity index (χ0v) is 10.9. The SMILES string of the molecule is CCCCCc1c2c(cc3c1CCC3)CC=C2. The normalized spacial score (nSPS) is 16.3. The molecule has 0 aliphatic heterocycles. The van der Waals surface area contributed by atoms with E-state index in [1.54, 1.807) is 27.8 Å². The lowest BCUT2D eigenvalue weighted by Gasteiger charge is -2.14. The lowest BCUT2D eigenvalue weighted by atomic mass is 9.91. The summed E-state index contributed by atoms with van der Waals surface area (Å²) in [4.78, 5) is 0. The molecule has 0 heteroatoms. The van der Waals surface area contributed by atoms with Crippen LogP contribution in [0.5, 0.6) is 0 Å². The summed E-state index contributed by atoms with van der Waals surface area (Å²) in [7, 11) is 0. The number of unbranched alkanes of at least 4 members (excludes halogenated alkanes) is 2. The molecule has 0 heterocycles. The van der Waals surface area contributed by atoms with Crippen molar-refractivity contribution >= 4 is 6.08 Å². The Hall–Kier alpha value is -1.04. The van der Waals surface area contributed by atoms with E-state index in [1.807, 2.05) is 0 Å². The quantitative estimate of drug-likeness (QED) is 0.664. The topological polar surface area (TPSA) is 0 Å². The van der Waals surface area contributed by atoms with Gasteiger partial charge in [0.25, 0.3) is 0 Å². The third-order valence-electron chi connectivity index (χ3n) is 4.30. The second-order valence-electron chi connectivity index (χ2n) is 5.48. The fraction of sp³-hybridized carbons (Fsp3) is 0.529. The predicted molar refractivity (Wildman–Crippen MR) is 74.4 cm³/mol. The molecule has 0 amide bonds. The van der Waals surface area contributed by atoms with E-state index in [4.69, 9.17) is 0 Å². The van der Waals surface area contributed by atoms with E-state index in [2.05, 4.69) is 25.1 Å². The molecule has 0 aromatic heterocycles. The minimum Gasteiger partial charge on any atom is -0.0795 e. The molecule has 0 unspecified atom stereocenters. The number of fused-ring (bicyclic) bond motifs is 2. The van der Waals surface area contributed by atoms with Crippen molar-refractivity contribution in [2.24, 2.45) is 0 Å². The van der Waals surface area contributed by atoms with E-state index in [9.17, 15) is 0 Å². The van der Waals surface area contributed by atoms with Crippen molar-refractivity contribution in [3.63, 3.8) is 0 Å². The maximum atomic E-state index is 2.49. The molecular formula is C17H22. The Kier molecular flexibility index (Phi) is 3.05. The van der Waals surface area contributed by atoms with Crippen molar-refractivity contribution in [3.05, 3.63) is 40.0 Å². The third-order valence-corrected chi connectivity index (χ3v) is 4.30. The highest BCUT2D eigenvalue weighted by Crippen LogP contribution is 2.35. The van der Waals surface area contributed by atoms with Crippen LogP contribution in [-0.4, -0.2) is 0 Å². The summed E-state index contributed by atoms with van der Waals surface area (Å²) in [5.41, 5.74) is 8.27. The molecular weight excluding hydrogens is 204 g/mol. The predicted octanol–water partition coefficient (Wildman–Crippen LogP) is 4.48. The van der Waals surface area contributed by atoms with Gasteiger partial charge in [-0.15, -0.1) is 0 Å². The van der Waals surface area contributed by atoms with Gasteiger partial charge in [-0.05, 0) is 66.3 Å². The summed E-state index contributed by atoms with van der Waals surface area (Å²) in [6.45, 7) is 2.29. The van der Waals surface area contributed by atoms with Gasteiger partial charge in [0, 0.05) is 0 Å². The minimum atomic E-state index is 1.17. The molecule has 0 N–H and O–H groups in total. The number of hydrogen-bond donors (Lipinski definition) is 0. The molecule has 1 aromatic carbocycles. The number of aryl methyl sites for hydroxylation is 1. The van der Waals surface area contributed by atoms with Gasteiger partial charge < -0.3 is 0 Å². The van der Waals surface area contributed by atoms with Gasteiger partial charge in [-0.1, -0.05) is 38.0 Å². The van der Waals surface area contributed by atoms with Crippen LogP contribution in [0, 0.1) is 0 Å². The van der Waals surface area contributed by atoms with Crippen molar-refractivity contribution in [1.82, 2.24) is 0 Å². The van der Waals surface area contributed by atoms with E-state index >= 15 is 0 Å². The largest absolute Gasteiger partial charge is 0.0795 e. The van der Waals surface area contributed by atoms with Crippen LogP contribution in [0.15, 0.2) is 12.1 Å². The average molecular weight is 226 g/mol. The number of rotatable bonds is 4. The Bertz CT molecular complexity index is 451. The fourth-order valence-electron chi connectivity index (χ4n) is 3.43. The van der Waals surface area contributed by atoms with Gasteiger partial charge in [-0.3, -0.25) is 0 Å². The lowest BCUT2D eigenvalue weighted by molar-refractivity contribution is 0.713. The van der Waals surface area contributed by atoms with Crippen LogP contribution >= 0.6 is 0 Å². The van der Waals surface area contributed by atoms with Crippen molar-refractivity contribution < 1.29 is 0 Å². The Morgan fingerprint density at radius 1 is 1.12 bits per heavy atom. The van der Waals surface area contributed by atoms with Crippen molar-refractivity contribution in [2.75, 3.05) is 0 Å². The molecule has 0 nitrogen and oxygen atoms in total. The fourth-order valence-corrected chi connectivity index (χ4v) is 3.43. The van der Waals surface area contributed by atoms with E-state index < -0.39 is 0 Å². The van der Waals surface area contributed by atoms with Gasteiger partial charge in [-0.25, -0.2) is 0 Å². The summed E-state index contributed by atoms with van der Waals surface area (Å²) in [6.07, 6.45) is 15.3. The van der Waals surface area contributed by atoms with Crippen molar-refractivity contribution in [1.29, 1.82) is 0 Å². The van der Waals surface area contributed by atoms with Crippen LogP contribution in [0.1, 0.15) is 60.4 Å². The van der Waals surface area contributed by atoms with Crippen LogP contribution < -0.4 is 0 Å². The van der Waals surface area contributed by atoms with Crippen LogP contribution in [0.4, 0.5) is 0 Å². The second-order valence-corrected chi connectivity index (χ2v) is 5.48. The van der Waals surface area contributed by atoms with Gasteiger partial charge in [0.15, 0.2) is 0 Å². The highest BCUT2D eigenvalue weighted by atomic mass is 14.3. The average Bonchev–Trinajstić information content (AvgIpc) is 2.95. The van der Waals surface area contributed by atoms with Gasteiger partial charge in [0.05, 0.1) is 0 Å². The van der Waals surface area contributed by atoms with Gasteiger partial charge in [0.1, 0.15) is 0 Å².